The topological polar surface area (TPSA) is 30.2 Å². The van der Waals surface area contributed by atoms with E-state index in [1.165, 1.54) is 5.56 Å². The maximum atomic E-state index is 12.6. The highest BCUT2D eigenvalue weighted by Gasteiger charge is 2.11. The number of rotatable bonds is 4. The molecule has 1 heterocycles. The van der Waals surface area contributed by atoms with Gasteiger partial charge in [-0.3, -0.25) is 4.79 Å². The second-order valence-electron chi connectivity index (χ2n) is 5.42. The molecular formula is C18H19O2P3. The predicted molar refractivity (Wildman–Crippen MR) is 108 cm³/mol. The van der Waals surface area contributed by atoms with Crippen molar-refractivity contribution in [2.75, 3.05) is 0 Å². The Morgan fingerprint density at radius 3 is 2.13 bits per heavy atom. The van der Waals surface area contributed by atoms with Crippen molar-refractivity contribution in [3.05, 3.63) is 69.4 Å². The minimum absolute atomic E-state index is 0.0105. The van der Waals surface area contributed by atoms with Crippen LogP contribution in [0.1, 0.15) is 16.7 Å². The molecule has 5 heteroatoms. The normalized spacial score (nSPS) is 11.1. The average molecular weight is 360 g/mol. The minimum atomic E-state index is 0.0105. The number of hydrogen-bond donors (Lipinski definition) is 0. The van der Waals surface area contributed by atoms with Crippen LogP contribution in [-0.2, 0) is 18.5 Å². The summed E-state index contributed by atoms with van der Waals surface area (Å²) in [5.74, 6) is 0.621. The van der Waals surface area contributed by atoms with Crippen molar-refractivity contribution in [1.82, 2.24) is 0 Å². The largest absolute Gasteiger partial charge is 0.456 e. The Morgan fingerprint density at radius 2 is 1.52 bits per heavy atom. The van der Waals surface area contributed by atoms with Gasteiger partial charge in [0.1, 0.15) is 11.3 Å². The Bertz CT molecular complexity index is 899. The number of fused-ring (bicyclic) bond motifs is 1. The molecule has 0 aliphatic heterocycles. The first kappa shape index (κ1) is 16.8. The zero-order valence-corrected chi connectivity index (χ0v) is 16.2. The van der Waals surface area contributed by atoms with Crippen LogP contribution in [-0.4, -0.2) is 0 Å². The van der Waals surface area contributed by atoms with E-state index >= 15 is 0 Å². The van der Waals surface area contributed by atoms with Gasteiger partial charge in [0, 0.05) is 11.6 Å². The molecule has 0 aliphatic rings. The lowest BCUT2D eigenvalue weighted by atomic mass is 10.1. The summed E-state index contributed by atoms with van der Waals surface area (Å²) in [6.07, 6.45) is 2.50. The monoisotopic (exact) mass is 360 g/mol. The van der Waals surface area contributed by atoms with Crippen LogP contribution in [0.4, 0.5) is 0 Å². The van der Waals surface area contributed by atoms with Crippen molar-refractivity contribution < 1.29 is 4.42 Å². The van der Waals surface area contributed by atoms with Crippen molar-refractivity contribution in [1.29, 1.82) is 0 Å². The lowest BCUT2D eigenvalue weighted by Gasteiger charge is -2.09. The van der Waals surface area contributed by atoms with E-state index in [0.717, 1.165) is 35.2 Å². The fourth-order valence-corrected chi connectivity index (χ4v) is 3.42. The summed E-state index contributed by atoms with van der Waals surface area (Å²) in [6.45, 7) is 0. The van der Waals surface area contributed by atoms with Gasteiger partial charge in [0.15, 0.2) is 5.43 Å². The first-order chi connectivity index (χ1) is 11.2. The van der Waals surface area contributed by atoms with E-state index in [4.69, 9.17) is 4.42 Å². The lowest BCUT2D eigenvalue weighted by molar-refractivity contribution is 0.615. The van der Waals surface area contributed by atoms with Crippen molar-refractivity contribution in [2.45, 2.75) is 18.5 Å². The summed E-state index contributed by atoms with van der Waals surface area (Å²) < 4.78 is 6.10. The zero-order valence-electron chi connectivity index (χ0n) is 12.7. The van der Waals surface area contributed by atoms with E-state index in [9.17, 15) is 4.79 Å². The predicted octanol–water partition coefficient (Wildman–Crippen LogP) is 4.59. The Labute approximate surface area is 142 Å². The van der Waals surface area contributed by atoms with Crippen LogP contribution in [0.3, 0.4) is 0 Å². The molecule has 2 aromatic carbocycles. The van der Waals surface area contributed by atoms with Crippen LogP contribution in [0.2, 0.25) is 0 Å². The third kappa shape index (κ3) is 3.41. The summed E-state index contributed by atoms with van der Waals surface area (Å²) in [7, 11) is 8.12. The van der Waals surface area contributed by atoms with E-state index in [-0.39, 0.29) is 5.43 Å². The van der Waals surface area contributed by atoms with Crippen LogP contribution in [0.25, 0.3) is 22.3 Å². The molecule has 0 N–H and O–H groups in total. The molecule has 3 atom stereocenters. The summed E-state index contributed by atoms with van der Waals surface area (Å²) >= 11 is 0. The zero-order chi connectivity index (χ0) is 16.4. The van der Waals surface area contributed by atoms with Crippen molar-refractivity contribution >= 4 is 38.7 Å². The molecule has 0 amide bonds. The van der Waals surface area contributed by atoms with Gasteiger partial charge in [-0.1, -0.05) is 30.3 Å². The molecule has 0 spiro atoms. The van der Waals surface area contributed by atoms with Gasteiger partial charge in [-0.2, -0.15) is 0 Å². The second-order valence-corrected chi connectivity index (χ2v) is 6.64. The quantitative estimate of drug-likeness (QED) is 0.638. The fraction of sp³-hybridized carbons (Fsp3) is 0.167. The van der Waals surface area contributed by atoms with E-state index < -0.39 is 0 Å². The number of hydrogen-bond acceptors (Lipinski definition) is 2. The van der Waals surface area contributed by atoms with E-state index in [1.54, 1.807) is 6.07 Å². The summed E-state index contributed by atoms with van der Waals surface area (Å²) in [5, 5.41) is 0.660. The fourth-order valence-electron chi connectivity index (χ4n) is 2.61. The van der Waals surface area contributed by atoms with E-state index in [2.05, 4.69) is 45.9 Å². The van der Waals surface area contributed by atoms with Crippen LogP contribution >= 0.6 is 27.7 Å². The molecule has 118 valence electrons. The summed E-state index contributed by atoms with van der Waals surface area (Å²) in [4.78, 5) is 12.6. The van der Waals surface area contributed by atoms with E-state index in [0.29, 0.717) is 16.7 Å². The van der Waals surface area contributed by atoms with Crippen LogP contribution in [0, 0.1) is 0 Å². The Kier molecular flexibility index (Phi) is 5.27. The molecule has 2 nitrogen and oxygen atoms in total. The van der Waals surface area contributed by atoms with Gasteiger partial charge in [-0.25, -0.2) is 0 Å². The Morgan fingerprint density at radius 1 is 0.826 bits per heavy atom. The molecule has 0 fully saturated rings. The van der Waals surface area contributed by atoms with Gasteiger partial charge >= 0.3 is 0 Å². The average Bonchev–Trinajstić information content (AvgIpc) is 2.61. The molecule has 3 aromatic rings. The first-order valence-corrected chi connectivity index (χ1v) is 9.90. The highest BCUT2D eigenvalue weighted by molar-refractivity contribution is 7.15. The van der Waals surface area contributed by atoms with Gasteiger partial charge in [0.25, 0.3) is 0 Å². The SMILES string of the molecule is O=c1cc(-c2ccc(CP)cc2)oc2c(CP)cc(CP)cc12. The molecule has 0 saturated heterocycles. The van der Waals surface area contributed by atoms with Gasteiger partial charge in [-0.05, 0) is 41.2 Å². The Balaban J connectivity index is 2.21. The highest BCUT2D eigenvalue weighted by atomic mass is 31.0. The minimum Gasteiger partial charge on any atom is -0.456 e. The number of benzene rings is 2. The third-order valence-corrected chi connectivity index (χ3v) is 5.28. The molecule has 3 rings (SSSR count). The molecular weight excluding hydrogens is 341 g/mol. The summed E-state index contributed by atoms with van der Waals surface area (Å²) in [6, 6.07) is 13.7. The van der Waals surface area contributed by atoms with Crippen LogP contribution in [0.15, 0.2) is 51.7 Å². The van der Waals surface area contributed by atoms with Gasteiger partial charge in [0.2, 0.25) is 0 Å². The molecule has 23 heavy (non-hydrogen) atoms. The second kappa shape index (κ2) is 7.23. The van der Waals surface area contributed by atoms with Crippen molar-refractivity contribution in [3.63, 3.8) is 0 Å². The van der Waals surface area contributed by atoms with E-state index in [1.807, 2.05) is 18.2 Å². The maximum absolute atomic E-state index is 12.6. The van der Waals surface area contributed by atoms with Gasteiger partial charge in [0.05, 0.1) is 5.39 Å². The van der Waals surface area contributed by atoms with Crippen LogP contribution in [0.5, 0.6) is 0 Å². The maximum Gasteiger partial charge on any atom is 0.193 e. The molecule has 0 bridgehead atoms. The van der Waals surface area contributed by atoms with Crippen LogP contribution < -0.4 is 5.43 Å². The highest BCUT2D eigenvalue weighted by Crippen LogP contribution is 2.27. The molecule has 0 radical (unpaired) electrons. The Hall–Kier alpha value is -1.06. The smallest absolute Gasteiger partial charge is 0.193 e. The molecule has 1 aromatic heterocycles. The molecule has 0 aliphatic carbocycles. The standard InChI is InChI=1S/C18H19O2P3/c19-16-7-17(13-3-1-11(8-21)2-4-13)20-18-14(10-23)5-12(9-22)6-15(16)18/h1-7H,8-10,21-23H2. The van der Waals surface area contributed by atoms with Gasteiger partial charge in [-0.15, -0.1) is 27.7 Å². The van der Waals surface area contributed by atoms with Crippen molar-refractivity contribution in [2.24, 2.45) is 0 Å². The van der Waals surface area contributed by atoms with Crippen molar-refractivity contribution in [3.8, 4) is 11.3 Å². The first-order valence-electron chi connectivity index (χ1n) is 7.45. The van der Waals surface area contributed by atoms with Gasteiger partial charge < -0.3 is 4.42 Å². The summed E-state index contributed by atoms with van der Waals surface area (Å²) in [5.41, 5.74) is 5.04. The third-order valence-electron chi connectivity index (χ3n) is 3.90. The molecule has 0 saturated carbocycles. The lowest BCUT2D eigenvalue weighted by Crippen LogP contribution is -2.03. The molecule has 3 unspecified atom stereocenters.